The molecule has 1 aromatic heterocycles. The van der Waals surface area contributed by atoms with E-state index in [9.17, 15) is 14.0 Å². The molecule has 126 valence electrons. The molecular formula is C15H17FN6O2. The van der Waals surface area contributed by atoms with Crippen LogP contribution in [0.1, 0.15) is 16.8 Å². The number of benzene rings is 1. The molecule has 2 aromatic rings. The van der Waals surface area contributed by atoms with Crippen molar-refractivity contribution >= 4 is 11.8 Å². The van der Waals surface area contributed by atoms with E-state index >= 15 is 0 Å². The summed E-state index contributed by atoms with van der Waals surface area (Å²) in [5.41, 5.74) is 0.0657. The number of tetrazole rings is 1. The fourth-order valence-corrected chi connectivity index (χ4v) is 2.61. The molecule has 0 aliphatic carbocycles. The van der Waals surface area contributed by atoms with Crippen LogP contribution < -0.4 is 0 Å². The Bertz CT molecular complexity index is 713. The first kappa shape index (κ1) is 16.0. The molecule has 24 heavy (non-hydrogen) atoms. The number of aromatic nitrogens is 4. The lowest BCUT2D eigenvalue weighted by Gasteiger charge is -2.35. The van der Waals surface area contributed by atoms with Crippen molar-refractivity contribution in [3.05, 3.63) is 42.0 Å². The van der Waals surface area contributed by atoms with Gasteiger partial charge in [0.1, 0.15) is 12.1 Å². The monoisotopic (exact) mass is 332 g/mol. The van der Waals surface area contributed by atoms with Crippen LogP contribution in [0, 0.1) is 5.82 Å². The summed E-state index contributed by atoms with van der Waals surface area (Å²) >= 11 is 0. The van der Waals surface area contributed by atoms with E-state index in [0.717, 1.165) is 0 Å². The molecule has 0 bridgehead atoms. The van der Waals surface area contributed by atoms with Crippen LogP contribution >= 0.6 is 0 Å². The van der Waals surface area contributed by atoms with Gasteiger partial charge in [-0.15, -0.1) is 5.10 Å². The number of hydrogen-bond acceptors (Lipinski definition) is 5. The predicted octanol–water partition coefficient (Wildman–Crippen LogP) is 0.187. The maximum Gasteiger partial charge on any atom is 0.256 e. The maximum absolute atomic E-state index is 13.7. The summed E-state index contributed by atoms with van der Waals surface area (Å²) in [6, 6.07) is 5.93. The second kappa shape index (κ2) is 7.16. The maximum atomic E-state index is 13.7. The summed E-state index contributed by atoms with van der Waals surface area (Å²) in [4.78, 5) is 27.8. The van der Waals surface area contributed by atoms with E-state index < -0.39 is 5.82 Å². The van der Waals surface area contributed by atoms with E-state index in [4.69, 9.17) is 0 Å². The lowest BCUT2D eigenvalue weighted by atomic mass is 10.1. The number of hydrogen-bond donors (Lipinski definition) is 0. The number of rotatable bonds is 4. The minimum absolute atomic E-state index is 0.0107. The second-order valence-corrected chi connectivity index (χ2v) is 5.48. The van der Waals surface area contributed by atoms with Crippen molar-refractivity contribution in [1.29, 1.82) is 0 Å². The summed E-state index contributed by atoms with van der Waals surface area (Å²) in [5, 5.41) is 10.7. The minimum Gasteiger partial charge on any atom is -0.339 e. The van der Waals surface area contributed by atoms with Crippen LogP contribution in [0.15, 0.2) is 30.6 Å². The third-order valence-electron chi connectivity index (χ3n) is 3.97. The number of aryl methyl sites for hydroxylation is 1. The van der Waals surface area contributed by atoms with E-state index in [1.807, 2.05) is 0 Å². The molecule has 1 saturated heterocycles. The fraction of sp³-hybridized carbons (Fsp3) is 0.400. The highest BCUT2D eigenvalue weighted by atomic mass is 19.1. The van der Waals surface area contributed by atoms with E-state index in [2.05, 4.69) is 15.5 Å². The zero-order valence-electron chi connectivity index (χ0n) is 13.0. The third-order valence-corrected chi connectivity index (χ3v) is 3.97. The lowest BCUT2D eigenvalue weighted by molar-refractivity contribution is -0.132. The molecule has 2 amide bonds. The predicted molar refractivity (Wildman–Crippen MR) is 81.3 cm³/mol. The number of halogens is 1. The number of nitrogens with zero attached hydrogens (tertiary/aromatic N) is 6. The number of carbonyl (C=O) groups is 2. The zero-order valence-corrected chi connectivity index (χ0v) is 13.0. The molecule has 1 fully saturated rings. The van der Waals surface area contributed by atoms with Gasteiger partial charge in [-0.25, -0.2) is 9.07 Å². The average Bonchev–Trinajstić information content (AvgIpc) is 3.13. The quantitative estimate of drug-likeness (QED) is 0.798. The number of amides is 2. The largest absolute Gasteiger partial charge is 0.339 e. The van der Waals surface area contributed by atoms with Gasteiger partial charge in [-0.3, -0.25) is 9.59 Å². The molecule has 0 spiro atoms. The van der Waals surface area contributed by atoms with Gasteiger partial charge in [0.15, 0.2) is 0 Å². The molecule has 0 unspecified atom stereocenters. The van der Waals surface area contributed by atoms with Crippen LogP contribution in [0.5, 0.6) is 0 Å². The summed E-state index contributed by atoms with van der Waals surface area (Å²) in [7, 11) is 0. The molecule has 2 heterocycles. The Morgan fingerprint density at radius 2 is 1.79 bits per heavy atom. The summed E-state index contributed by atoms with van der Waals surface area (Å²) in [6.45, 7) is 2.08. The van der Waals surface area contributed by atoms with Crippen molar-refractivity contribution in [1.82, 2.24) is 30.0 Å². The van der Waals surface area contributed by atoms with Crippen LogP contribution in [-0.2, 0) is 11.3 Å². The Morgan fingerprint density at radius 3 is 2.46 bits per heavy atom. The van der Waals surface area contributed by atoms with Gasteiger partial charge in [0.25, 0.3) is 5.91 Å². The van der Waals surface area contributed by atoms with Crippen molar-refractivity contribution in [2.45, 2.75) is 13.0 Å². The van der Waals surface area contributed by atoms with E-state index in [-0.39, 0.29) is 17.4 Å². The highest BCUT2D eigenvalue weighted by Crippen LogP contribution is 2.12. The van der Waals surface area contributed by atoms with Crippen LogP contribution in [-0.4, -0.2) is 68.0 Å². The topological polar surface area (TPSA) is 84.2 Å². The van der Waals surface area contributed by atoms with Gasteiger partial charge in [0.2, 0.25) is 5.91 Å². The smallest absolute Gasteiger partial charge is 0.256 e. The Balaban J connectivity index is 1.51. The third kappa shape index (κ3) is 3.55. The number of carbonyl (C=O) groups excluding carboxylic acids is 2. The van der Waals surface area contributed by atoms with E-state index in [1.54, 1.807) is 21.9 Å². The van der Waals surface area contributed by atoms with Crippen molar-refractivity contribution in [2.24, 2.45) is 0 Å². The minimum atomic E-state index is -0.526. The Hall–Kier alpha value is -2.84. The second-order valence-electron chi connectivity index (χ2n) is 5.48. The normalized spacial score (nSPS) is 14.7. The highest BCUT2D eigenvalue weighted by Gasteiger charge is 2.25. The Kier molecular flexibility index (Phi) is 4.78. The Morgan fingerprint density at radius 1 is 1.08 bits per heavy atom. The average molecular weight is 332 g/mol. The summed E-state index contributed by atoms with van der Waals surface area (Å²) in [6.07, 6.45) is 1.75. The molecule has 3 rings (SSSR count). The SMILES string of the molecule is O=C(CCn1cnnn1)N1CCN(C(=O)c2ccccc2F)CC1. The Labute approximate surface area is 137 Å². The first-order valence-electron chi connectivity index (χ1n) is 7.67. The zero-order chi connectivity index (χ0) is 16.9. The van der Waals surface area contributed by atoms with E-state index in [0.29, 0.717) is 39.1 Å². The molecule has 0 saturated carbocycles. The van der Waals surface area contributed by atoms with Gasteiger partial charge in [0, 0.05) is 32.6 Å². The molecule has 0 radical (unpaired) electrons. The molecule has 1 aromatic carbocycles. The number of piperazine rings is 1. The van der Waals surface area contributed by atoms with Gasteiger partial charge >= 0.3 is 0 Å². The first-order chi connectivity index (χ1) is 11.6. The van der Waals surface area contributed by atoms with Crippen molar-refractivity contribution in [2.75, 3.05) is 26.2 Å². The van der Waals surface area contributed by atoms with Crippen molar-refractivity contribution in [3.8, 4) is 0 Å². The summed E-state index contributed by atoms with van der Waals surface area (Å²) < 4.78 is 15.2. The lowest BCUT2D eigenvalue weighted by Crippen LogP contribution is -2.50. The molecule has 1 aliphatic heterocycles. The van der Waals surface area contributed by atoms with Gasteiger partial charge in [0.05, 0.1) is 12.1 Å². The fourth-order valence-electron chi connectivity index (χ4n) is 2.61. The van der Waals surface area contributed by atoms with Crippen molar-refractivity contribution in [3.63, 3.8) is 0 Å². The van der Waals surface area contributed by atoms with E-state index in [1.165, 1.54) is 23.1 Å². The highest BCUT2D eigenvalue weighted by molar-refractivity contribution is 5.94. The van der Waals surface area contributed by atoms with Crippen LogP contribution in [0.25, 0.3) is 0 Å². The van der Waals surface area contributed by atoms with Crippen LogP contribution in [0.2, 0.25) is 0 Å². The molecule has 0 N–H and O–H groups in total. The standard InChI is InChI=1S/C15H17FN6O2/c16-13-4-2-1-3-12(13)15(24)21-9-7-20(8-10-21)14(23)5-6-22-11-17-18-19-22/h1-4,11H,5-10H2. The molecule has 0 atom stereocenters. The molecular weight excluding hydrogens is 315 g/mol. The van der Waals surface area contributed by atoms with Gasteiger partial charge < -0.3 is 9.80 Å². The molecule has 1 aliphatic rings. The van der Waals surface area contributed by atoms with Gasteiger partial charge in [-0.2, -0.15) is 0 Å². The van der Waals surface area contributed by atoms with Crippen molar-refractivity contribution < 1.29 is 14.0 Å². The molecule has 9 heteroatoms. The first-order valence-corrected chi connectivity index (χ1v) is 7.67. The van der Waals surface area contributed by atoms with Gasteiger partial charge in [-0.05, 0) is 22.6 Å². The van der Waals surface area contributed by atoms with Crippen LogP contribution in [0.3, 0.4) is 0 Å². The molecule has 8 nitrogen and oxygen atoms in total. The van der Waals surface area contributed by atoms with Gasteiger partial charge in [-0.1, -0.05) is 12.1 Å². The summed E-state index contributed by atoms with van der Waals surface area (Å²) in [5.74, 6) is -0.875. The van der Waals surface area contributed by atoms with Crippen LogP contribution in [0.4, 0.5) is 4.39 Å².